The molecule has 2 aromatic rings. The van der Waals surface area contributed by atoms with Gasteiger partial charge in [0, 0.05) is 17.4 Å². The second-order valence-corrected chi connectivity index (χ2v) is 8.40. The quantitative estimate of drug-likeness (QED) is 0.169. The lowest BCUT2D eigenvalue weighted by molar-refractivity contribution is -0.689. The zero-order valence-electron chi connectivity index (χ0n) is 17.6. The van der Waals surface area contributed by atoms with Crippen LogP contribution in [0.15, 0.2) is 41.1 Å². The maximum atomic E-state index is 12.9. The third kappa shape index (κ3) is 4.24. The minimum atomic E-state index is -1.45. The maximum absolute atomic E-state index is 12.9. The van der Waals surface area contributed by atoms with E-state index >= 15 is 0 Å². The number of nitrogens with one attached hydrogen (secondary N) is 2. The second-order valence-electron chi connectivity index (χ2n) is 7.30. The number of nitrogens with zero attached hydrogens (tertiary/aromatic N) is 5. The number of β-lactam (4-membered cyclic amide) rings is 1. The first-order chi connectivity index (χ1) is 15.8. The van der Waals surface area contributed by atoms with Gasteiger partial charge in [0.25, 0.3) is 11.8 Å². The number of nitrogen functional groups attached to an aromatic ring is 1. The average molecular weight is 472 g/mol. The van der Waals surface area contributed by atoms with Crippen molar-refractivity contribution in [3.05, 3.63) is 47.3 Å². The Kier molecular flexibility index (Phi) is 6.00. The molecule has 2 atom stereocenters. The molecule has 1 fully saturated rings. The van der Waals surface area contributed by atoms with Gasteiger partial charge in [0.15, 0.2) is 24.7 Å². The lowest BCUT2D eigenvalue weighted by Crippen LogP contribution is -2.71. The van der Waals surface area contributed by atoms with Gasteiger partial charge in [0.2, 0.25) is 0 Å². The first-order valence-electron chi connectivity index (χ1n) is 9.73. The second kappa shape index (κ2) is 8.90. The number of nitrogens with two attached hydrogens (primary N) is 1. The molecular formula is C19H20N8O5S. The molecule has 2 aliphatic heterocycles. The maximum Gasteiger partial charge on any atom is 0.276 e. The van der Waals surface area contributed by atoms with Gasteiger partial charge >= 0.3 is 0 Å². The van der Waals surface area contributed by atoms with E-state index in [2.05, 4.69) is 25.7 Å². The Balaban J connectivity index is 1.54. The summed E-state index contributed by atoms with van der Waals surface area (Å²) in [5, 5.41) is 23.9. The largest absolute Gasteiger partial charge is 0.543 e. The molecule has 4 heterocycles. The third-order valence-electron chi connectivity index (χ3n) is 5.04. The fourth-order valence-corrected chi connectivity index (χ4v) is 4.97. The number of aryl methyl sites for hydroxylation is 1. The van der Waals surface area contributed by atoms with E-state index in [9.17, 15) is 19.5 Å². The highest BCUT2D eigenvalue weighted by Gasteiger charge is 2.53. The third-order valence-corrected chi connectivity index (χ3v) is 6.38. The minimum Gasteiger partial charge on any atom is -0.543 e. The van der Waals surface area contributed by atoms with Gasteiger partial charge in [-0.15, -0.1) is 11.8 Å². The number of oxime groups is 1. The Hall–Kier alpha value is -3.94. The van der Waals surface area contributed by atoms with Gasteiger partial charge in [-0.2, -0.15) is 9.67 Å². The van der Waals surface area contributed by atoms with Crippen LogP contribution in [-0.2, 0) is 25.8 Å². The number of rotatable bonds is 7. The monoisotopic (exact) mass is 472 g/mol. The molecule has 0 radical (unpaired) electrons. The van der Waals surface area contributed by atoms with E-state index in [1.807, 2.05) is 6.92 Å². The van der Waals surface area contributed by atoms with Crippen LogP contribution in [0.2, 0.25) is 0 Å². The summed E-state index contributed by atoms with van der Waals surface area (Å²) in [6, 6.07) is 0.445. The molecule has 2 amide bonds. The van der Waals surface area contributed by atoms with Crippen molar-refractivity contribution in [1.82, 2.24) is 25.4 Å². The molecule has 1 saturated heterocycles. The molecule has 0 saturated carbocycles. The number of amides is 2. The topological polar surface area (TPSA) is 183 Å². The summed E-state index contributed by atoms with van der Waals surface area (Å²) < 4.78 is 1.79. The van der Waals surface area contributed by atoms with Crippen LogP contribution >= 0.6 is 11.8 Å². The molecule has 4 N–H and O–H groups in total. The minimum absolute atomic E-state index is 0.147. The Morgan fingerprint density at radius 2 is 2.30 bits per heavy atom. The molecule has 13 nitrogen and oxygen atoms in total. The molecular weight excluding hydrogens is 452 g/mol. The van der Waals surface area contributed by atoms with Crippen LogP contribution in [0.4, 0.5) is 5.82 Å². The van der Waals surface area contributed by atoms with Crippen molar-refractivity contribution >= 4 is 41.1 Å². The fraction of sp³-hybridized carbons (Fsp3) is 0.316. The van der Waals surface area contributed by atoms with E-state index < -0.39 is 29.2 Å². The van der Waals surface area contributed by atoms with Gasteiger partial charge in [-0.1, -0.05) is 5.16 Å². The SMILES string of the molecule is CON=C(C(=O)NC1C(=O)N2C(C(=O)[O-])=C(C[n+]3ccnc(C)c3)CS[C@@H]12)c1cc(N)n[nH]1. The van der Waals surface area contributed by atoms with Crippen LogP contribution in [0.5, 0.6) is 0 Å². The number of aromatic nitrogens is 4. The Morgan fingerprint density at radius 1 is 1.52 bits per heavy atom. The van der Waals surface area contributed by atoms with Crippen LogP contribution in [0.1, 0.15) is 11.4 Å². The summed E-state index contributed by atoms with van der Waals surface area (Å²) in [6.07, 6.45) is 5.10. The van der Waals surface area contributed by atoms with Gasteiger partial charge in [0.05, 0.1) is 23.6 Å². The molecule has 2 aliphatic rings. The molecule has 1 unspecified atom stereocenters. The normalized spacial score (nSPS) is 20.2. The van der Waals surface area contributed by atoms with Gasteiger partial charge < -0.3 is 25.8 Å². The van der Waals surface area contributed by atoms with Crippen molar-refractivity contribution in [2.24, 2.45) is 5.16 Å². The number of H-pyrrole nitrogens is 1. The van der Waals surface area contributed by atoms with Crippen molar-refractivity contribution < 1.29 is 28.9 Å². The number of carbonyl (C=O) groups excluding carboxylic acids is 3. The first-order valence-corrected chi connectivity index (χ1v) is 10.8. The predicted molar refractivity (Wildman–Crippen MR) is 113 cm³/mol. The van der Waals surface area contributed by atoms with Gasteiger partial charge in [-0.05, 0) is 6.92 Å². The smallest absolute Gasteiger partial charge is 0.276 e. The summed E-state index contributed by atoms with van der Waals surface area (Å²) in [4.78, 5) is 47.6. The van der Waals surface area contributed by atoms with E-state index in [-0.39, 0.29) is 29.5 Å². The molecule has 4 rings (SSSR count). The molecule has 0 aliphatic carbocycles. The molecule has 0 aromatic carbocycles. The number of aromatic amines is 1. The van der Waals surface area contributed by atoms with E-state index in [1.165, 1.54) is 24.9 Å². The van der Waals surface area contributed by atoms with Crippen LogP contribution in [0.25, 0.3) is 0 Å². The molecule has 14 heteroatoms. The highest BCUT2D eigenvalue weighted by atomic mass is 32.2. The highest BCUT2D eigenvalue weighted by Crippen LogP contribution is 2.40. The van der Waals surface area contributed by atoms with Crippen molar-refractivity contribution in [1.29, 1.82) is 0 Å². The number of carboxylic acids is 1. The van der Waals surface area contributed by atoms with E-state index in [0.717, 1.165) is 10.6 Å². The van der Waals surface area contributed by atoms with Crippen molar-refractivity contribution in [3.63, 3.8) is 0 Å². The molecule has 2 aromatic heterocycles. The van der Waals surface area contributed by atoms with Crippen LogP contribution in [0, 0.1) is 6.92 Å². The Bertz CT molecular complexity index is 1190. The summed E-state index contributed by atoms with van der Waals surface area (Å²) in [6.45, 7) is 2.08. The van der Waals surface area contributed by atoms with Crippen LogP contribution in [-0.4, -0.2) is 67.9 Å². The number of thioether (sulfide) groups is 1. The zero-order valence-corrected chi connectivity index (χ0v) is 18.5. The van der Waals surface area contributed by atoms with Gasteiger partial charge in [0.1, 0.15) is 30.0 Å². The summed E-state index contributed by atoms with van der Waals surface area (Å²) in [5.41, 5.74) is 6.74. The number of fused-ring (bicyclic) bond motifs is 1. The fourth-order valence-electron chi connectivity index (χ4n) is 3.64. The van der Waals surface area contributed by atoms with E-state index in [0.29, 0.717) is 11.3 Å². The Labute approximate surface area is 191 Å². The molecule has 0 bridgehead atoms. The highest BCUT2D eigenvalue weighted by molar-refractivity contribution is 8.00. The Morgan fingerprint density at radius 3 is 2.94 bits per heavy atom. The molecule has 33 heavy (non-hydrogen) atoms. The van der Waals surface area contributed by atoms with Crippen molar-refractivity contribution in [2.45, 2.75) is 24.9 Å². The molecule has 0 spiro atoms. The number of carboxylic acid groups (broad SMARTS) is 1. The zero-order chi connectivity index (χ0) is 23.7. The van der Waals surface area contributed by atoms with E-state index in [1.54, 1.807) is 23.2 Å². The number of anilines is 1. The van der Waals surface area contributed by atoms with Crippen LogP contribution < -0.4 is 20.7 Å². The molecule has 172 valence electrons. The van der Waals surface area contributed by atoms with Gasteiger partial charge in [-0.3, -0.25) is 19.6 Å². The lowest BCUT2D eigenvalue weighted by atomic mass is 10.0. The number of hydrogen-bond donors (Lipinski definition) is 3. The number of aliphatic carboxylic acids is 1. The summed E-state index contributed by atoms with van der Waals surface area (Å²) in [5.74, 6) is -2.22. The number of carbonyl (C=O) groups is 3. The summed E-state index contributed by atoms with van der Waals surface area (Å²) in [7, 11) is 1.26. The van der Waals surface area contributed by atoms with Crippen LogP contribution in [0.3, 0.4) is 0 Å². The van der Waals surface area contributed by atoms with Crippen molar-refractivity contribution in [3.8, 4) is 0 Å². The first kappa shape index (κ1) is 22.3. The standard InChI is InChI=1S/C19H20N8O5S/c1-9-6-26(4-3-21-9)7-10-8-33-18-14(17(29)27(18)15(10)19(30)31)22-16(28)13(25-32-2)11-5-12(20)24-23-11/h3-6,14,18,20-21H,7-8H2,1-2H3,(H2,22,28,30,31)/t14?,18-/m0/s1. The lowest BCUT2D eigenvalue weighted by Gasteiger charge is -2.50. The van der Waals surface area contributed by atoms with Crippen molar-refractivity contribution in [2.75, 3.05) is 18.6 Å². The predicted octanol–water partition coefficient (Wildman–Crippen LogP) is -2.56. The summed E-state index contributed by atoms with van der Waals surface area (Å²) >= 11 is 1.35. The number of hydrogen-bond acceptors (Lipinski definition) is 10. The van der Waals surface area contributed by atoms with E-state index in [4.69, 9.17) is 10.6 Å². The average Bonchev–Trinajstić information content (AvgIpc) is 3.21. The van der Waals surface area contributed by atoms with Gasteiger partial charge in [-0.25, -0.2) is 4.98 Å².